The Morgan fingerprint density at radius 1 is 1.09 bits per heavy atom. The molecule has 2 aromatic carbocycles. The monoisotopic (exact) mass is 484 g/mol. The van der Waals surface area contributed by atoms with Gasteiger partial charge in [-0.2, -0.15) is 13.2 Å². The molecule has 11 heteroatoms. The molecule has 2 aromatic rings. The number of sulfone groups is 1. The zero-order chi connectivity index (χ0) is 24.4. The lowest BCUT2D eigenvalue weighted by atomic mass is 9.95. The number of benzene rings is 2. The zero-order valence-electron chi connectivity index (χ0n) is 17.7. The van der Waals surface area contributed by atoms with E-state index in [0.29, 0.717) is 12.8 Å². The number of anilines is 1. The highest BCUT2D eigenvalue weighted by molar-refractivity contribution is 7.91. The van der Waals surface area contributed by atoms with Crippen LogP contribution >= 0.6 is 0 Å². The van der Waals surface area contributed by atoms with Crippen LogP contribution in [0.3, 0.4) is 0 Å². The van der Waals surface area contributed by atoms with Gasteiger partial charge in [-0.15, -0.1) is 0 Å². The van der Waals surface area contributed by atoms with Gasteiger partial charge in [0.1, 0.15) is 5.75 Å². The second kappa shape index (κ2) is 9.42. The number of aromatic hydroxyl groups is 1. The van der Waals surface area contributed by atoms with Crippen LogP contribution in [0.2, 0.25) is 0 Å². The SMILES string of the molecule is CCS(=O)(=O)c1ccc(O)c(NC(=O)C2CCN(C(=O)c3ccc(C(F)(F)F)cc3)CC2)c1. The molecule has 0 aliphatic carbocycles. The van der Waals surface area contributed by atoms with Crippen LogP contribution in [-0.2, 0) is 20.8 Å². The van der Waals surface area contributed by atoms with Crippen molar-refractivity contribution in [1.82, 2.24) is 4.90 Å². The molecule has 0 unspecified atom stereocenters. The predicted molar refractivity (Wildman–Crippen MR) is 115 cm³/mol. The van der Waals surface area contributed by atoms with Crippen LogP contribution < -0.4 is 5.32 Å². The summed E-state index contributed by atoms with van der Waals surface area (Å²) in [6.07, 6.45) is -3.86. The third-order valence-corrected chi connectivity index (χ3v) is 7.31. The molecule has 3 rings (SSSR count). The van der Waals surface area contributed by atoms with E-state index in [9.17, 15) is 36.3 Å². The van der Waals surface area contributed by atoms with Crippen molar-refractivity contribution in [2.75, 3.05) is 24.2 Å². The van der Waals surface area contributed by atoms with Gasteiger partial charge in [0, 0.05) is 24.6 Å². The number of hydrogen-bond donors (Lipinski definition) is 2. The molecule has 0 saturated carbocycles. The van der Waals surface area contributed by atoms with Crippen molar-refractivity contribution in [2.24, 2.45) is 5.92 Å². The highest BCUT2D eigenvalue weighted by Gasteiger charge is 2.31. The van der Waals surface area contributed by atoms with Gasteiger partial charge in [-0.3, -0.25) is 9.59 Å². The first-order chi connectivity index (χ1) is 15.4. The lowest BCUT2D eigenvalue weighted by Crippen LogP contribution is -2.41. The van der Waals surface area contributed by atoms with E-state index in [-0.39, 0.29) is 40.7 Å². The van der Waals surface area contributed by atoms with Gasteiger partial charge in [0.15, 0.2) is 9.84 Å². The van der Waals surface area contributed by atoms with Crippen LogP contribution in [0.1, 0.15) is 35.7 Å². The molecular weight excluding hydrogens is 461 g/mol. The molecule has 2 N–H and O–H groups in total. The topological polar surface area (TPSA) is 104 Å². The maximum Gasteiger partial charge on any atom is 0.416 e. The Kier molecular flexibility index (Phi) is 7.01. The lowest BCUT2D eigenvalue weighted by Gasteiger charge is -2.31. The number of likely N-dealkylation sites (tertiary alicyclic amines) is 1. The van der Waals surface area contributed by atoms with E-state index >= 15 is 0 Å². The Balaban J connectivity index is 1.61. The molecular formula is C22H23F3N2O5S. The van der Waals surface area contributed by atoms with Gasteiger partial charge in [-0.05, 0) is 55.3 Å². The van der Waals surface area contributed by atoms with E-state index in [2.05, 4.69) is 5.32 Å². The Labute approximate surface area is 189 Å². The molecule has 2 amide bonds. The summed E-state index contributed by atoms with van der Waals surface area (Å²) in [6.45, 7) is 1.95. The largest absolute Gasteiger partial charge is 0.506 e. The number of nitrogens with one attached hydrogen (secondary N) is 1. The molecule has 1 aliphatic rings. The summed E-state index contributed by atoms with van der Waals surface area (Å²) in [7, 11) is -3.52. The van der Waals surface area contributed by atoms with Crippen LogP contribution in [0.4, 0.5) is 18.9 Å². The number of alkyl halides is 3. The van der Waals surface area contributed by atoms with Crippen LogP contribution in [0, 0.1) is 5.92 Å². The number of nitrogens with zero attached hydrogens (tertiary/aromatic N) is 1. The average molecular weight is 484 g/mol. The summed E-state index contributed by atoms with van der Waals surface area (Å²) >= 11 is 0. The Hall–Kier alpha value is -3.08. The molecule has 0 spiro atoms. The first-order valence-electron chi connectivity index (χ1n) is 10.3. The molecule has 0 bridgehead atoms. The molecule has 0 atom stereocenters. The molecule has 33 heavy (non-hydrogen) atoms. The molecule has 7 nitrogen and oxygen atoms in total. The van der Waals surface area contributed by atoms with E-state index < -0.39 is 39.3 Å². The molecule has 0 radical (unpaired) electrons. The van der Waals surface area contributed by atoms with E-state index in [4.69, 9.17) is 0 Å². The molecule has 0 aromatic heterocycles. The number of phenols is 1. The summed E-state index contributed by atoms with van der Waals surface area (Å²) in [5.41, 5.74) is -0.726. The van der Waals surface area contributed by atoms with Crippen LogP contribution in [-0.4, -0.2) is 49.1 Å². The summed E-state index contributed by atoms with van der Waals surface area (Å²) in [6, 6.07) is 7.63. The van der Waals surface area contributed by atoms with Crippen molar-refractivity contribution < 1.29 is 36.3 Å². The Morgan fingerprint density at radius 2 is 1.70 bits per heavy atom. The van der Waals surface area contributed by atoms with E-state index in [1.54, 1.807) is 0 Å². The van der Waals surface area contributed by atoms with Gasteiger partial charge in [-0.25, -0.2) is 8.42 Å². The van der Waals surface area contributed by atoms with E-state index in [1.165, 1.54) is 30.0 Å². The number of carbonyl (C=O) groups is 2. The fourth-order valence-electron chi connectivity index (χ4n) is 3.54. The fraction of sp³-hybridized carbons (Fsp3) is 0.364. The van der Waals surface area contributed by atoms with Crippen LogP contribution in [0.25, 0.3) is 0 Å². The zero-order valence-corrected chi connectivity index (χ0v) is 18.5. The van der Waals surface area contributed by atoms with Gasteiger partial charge in [0.25, 0.3) is 5.91 Å². The summed E-state index contributed by atoms with van der Waals surface area (Å²) in [4.78, 5) is 26.7. The van der Waals surface area contributed by atoms with Crippen LogP contribution in [0.5, 0.6) is 5.75 Å². The van der Waals surface area contributed by atoms with Gasteiger partial charge < -0.3 is 15.3 Å². The van der Waals surface area contributed by atoms with Gasteiger partial charge in [-0.1, -0.05) is 6.92 Å². The number of phenolic OH excluding ortho intramolecular Hbond substituents is 1. The molecule has 1 fully saturated rings. The first kappa shape index (κ1) is 24.6. The highest BCUT2D eigenvalue weighted by Crippen LogP contribution is 2.30. The average Bonchev–Trinajstić information content (AvgIpc) is 2.79. The van der Waals surface area contributed by atoms with Crippen molar-refractivity contribution in [3.63, 3.8) is 0 Å². The smallest absolute Gasteiger partial charge is 0.416 e. The first-order valence-corrected chi connectivity index (χ1v) is 11.9. The number of rotatable bonds is 5. The van der Waals surface area contributed by atoms with Crippen molar-refractivity contribution in [3.05, 3.63) is 53.6 Å². The fourth-order valence-corrected chi connectivity index (χ4v) is 4.45. The number of amides is 2. The predicted octanol–water partition coefficient (Wildman–Crippen LogP) is 3.70. The van der Waals surface area contributed by atoms with Gasteiger partial charge >= 0.3 is 6.18 Å². The van der Waals surface area contributed by atoms with E-state index in [1.807, 2.05) is 0 Å². The third kappa shape index (κ3) is 5.65. The minimum atomic E-state index is -4.48. The number of carbonyl (C=O) groups excluding carboxylic acids is 2. The third-order valence-electron chi connectivity index (χ3n) is 5.58. The quantitative estimate of drug-likeness (QED) is 0.630. The normalized spacial score (nSPS) is 15.3. The summed E-state index contributed by atoms with van der Waals surface area (Å²) in [5, 5.41) is 12.5. The minimum Gasteiger partial charge on any atom is -0.506 e. The number of hydrogen-bond acceptors (Lipinski definition) is 5. The minimum absolute atomic E-state index is 0.0159. The Bertz CT molecular complexity index is 1140. The molecule has 178 valence electrons. The number of piperidine rings is 1. The van der Waals surface area contributed by atoms with Crippen molar-refractivity contribution in [2.45, 2.75) is 30.8 Å². The van der Waals surface area contributed by atoms with Crippen molar-refractivity contribution in [1.29, 1.82) is 0 Å². The summed E-state index contributed by atoms with van der Waals surface area (Å²) in [5.74, 6) is -1.71. The second-order valence-electron chi connectivity index (χ2n) is 7.71. The highest BCUT2D eigenvalue weighted by atomic mass is 32.2. The maximum absolute atomic E-state index is 12.7. The number of halogens is 3. The van der Waals surface area contributed by atoms with Crippen molar-refractivity contribution in [3.8, 4) is 5.75 Å². The lowest BCUT2D eigenvalue weighted by molar-refractivity contribution is -0.137. The van der Waals surface area contributed by atoms with Gasteiger partial charge in [0.05, 0.1) is 21.9 Å². The summed E-state index contributed by atoms with van der Waals surface area (Å²) < 4.78 is 62.2. The molecule has 1 heterocycles. The molecule has 1 saturated heterocycles. The van der Waals surface area contributed by atoms with E-state index in [0.717, 1.165) is 24.3 Å². The Morgan fingerprint density at radius 3 is 2.24 bits per heavy atom. The maximum atomic E-state index is 12.7. The standard InChI is InChI=1S/C22H23F3N2O5S/c1-2-33(31,32)17-7-8-19(28)18(13-17)26-20(29)14-9-11-27(12-10-14)21(30)15-3-5-16(6-4-15)22(23,24)25/h3-8,13-14,28H,2,9-12H2,1H3,(H,26,29). The van der Waals surface area contributed by atoms with Gasteiger partial charge in [0.2, 0.25) is 5.91 Å². The van der Waals surface area contributed by atoms with Crippen molar-refractivity contribution >= 4 is 27.3 Å². The van der Waals surface area contributed by atoms with Crippen LogP contribution in [0.15, 0.2) is 47.4 Å². The molecule has 1 aliphatic heterocycles. The second-order valence-corrected chi connectivity index (χ2v) is 9.99.